The Hall–Kier alpha value is -1.91. The van der Waals surface area contributed by atoms with E-state index in [4.69, 9.17) is 11.6 Å². The molecule has 0 saturated carbocycles. The quantitative estimate of drug-likeness (QED) is 0.773. The van der Waals surface area contributed by atoms with E-state index in [1.807, 2.05) is 42.6 Å². The number of aryl methyl sites for hydroxylation is 1. The van der Waals surface area contributed by atoms with Crippen molar-refractivity contribution in [1.29, 1.82) is 0 Å². The van der Waals surface area contributed by atoms with Gasteiger partial charge in [-0.25, -0.2) is 5.10 Å². The summed E-state index contributed by atoms with van der Waals surface area (Å²) in [6.45, 7) is 1.88. The minimum Gasteiger partial charge on any atom is -0.267 e. The molecule has 0 aliphatic carbocycles. The first-order valence-corrected chi connectivity index (χ1v) is 7.32. The Labute approximate surface area is 124 Å². The van der Waals surface area contributed by atoms with Crippen LogP contribution in [0.25, 0.3) is 21.6 Å². The lowest BCUT2D eigenvalue weighted by molar-refractivity contribution is 0.953. The van der Waals surface area contributed by atoms with Gasteiger partial charge < -0.3 is 0 Å². The summed E-state index contributed by atoms with van der Waals surface area (Å²) in [6, 6.07) is 11.3. The summed E-state index contributed by atoms with van der Waals surface area (Å²) in [7, 11) is 0. The van der Waals surface area contributed by atoms with Crippen molar-refractivity contribution >= 4 is 22.9 Å². The second-order valence-electron chi connectivity index (χ2n) is 4.35. The summed E-state index contributed by atoms with van der Waals surface area (Å²) in [5.41, 5.74) is 2.70. The predicted octanol–water partition coefficient (Wildman–Crippen LogP) is 4.13. The molecule has 0 aliphatic rings. The number of thiophene rings is 1. The van der Waals surface area contributed by atoms with Crippen LogP contribution in [0, 0.1) is 6.92 Å². The van der Waals surface area contributed by atoms with Gasteiger partial charge in [0.25, 0.3) is 5.56 Å². The van der Waals surface area contributed by atoms with E-state index >= 15 is 0 Å². The first kappa shape index (κ1) is 13.1. The van der Waals surface area contributed by atoms with Gasteiger partial charge in [-0.2, -0.15) is 5.10 Å². The third kappa shape index (κ3) is 2.17. The highest BCUT2D eigenvalue weighted by Crippen LogP contribution is 2.36. The van der Waals surface area contributed by atoms with Crippen molar-refractivity contribution in [2.75, 3.05) is 0 Å². The number of benzene rings is 1. The van der Waals surface area contributed by atoms with Gasteiger partial charge in [-0.3, -0.25) is 4.79 Å². The van der Waals surface area contributed by atoms with E-state index in [1.165, 1.54) is 0 Å². The second kappa shape index (κ2) is 5.23. The van der Waals surface area contributed by atoms with Crippen molar-refractivity contribution in [3.63, 3.8) is 0 Å². The number of halogens is 1. The van der Waals surface area contributed by atoms with Crippen molar-refractivity contribution in [1.82, 2.24) is 10.2 Å². The summed E-state index contributed by atoms with van der Waals surface area (Å²) in [5, 5.41) is 9.15. The second-order valence-corrected chi connectivity index (χ2v) is 5.70. The van der Waals surface area contributed by atoms with Crippen LogP contribution in [0.5, 0.6) is 0 Å². The van der Waals surface area contributed by atoms with Gasteiger partial charge in [-0.05, 0) is 24.4 Å². The zero-order valence-corrected chi connectivity index (χ0v) is 12.3. The molecule has 0 amide bonds. The standard InChI is InChI=1S/C15H11ClN2OS/c1-9-13(12-7-4-8-20-12)14(15(19)18-17-9)10-5-2-3-6-11(10)16/h2-8H,1H3,(H,18,19). The Morgan fingerprint density at radius 1 is 1.15 bits per heavy atom. The molecule has 0 radical (unpaired) electrons. The van der Waals surface area contributed by atoms with Gasteiger partial charge in [-0.15, -0.1) is 11.3 Å². The average molecular weight is 303 g/mol. The van der Waals surface area contributed by atoms with Crippen molar-refractivity contribution in [3.05, 3.63) is 62.8 Å². The number of aromatic amines is 1. The lowest BCUT2D eigenvalue weighted by Gasteiger charge is -2.10. The molecule has 0 unspecified atom stereocenters. The third-order valence-electron chi connectivity index (χ3n) is 3.07. The van der Waals surface area contributed by atoms with Gasteiger partial charge in [0, 0.05) is 21.0 Å². The van der Waals surface area contributed by atoms with E-state index in [0.717, 1.165) is 21.7 Å². The summed E-state index contributed by atoms with van der Waals surface area (Å²) in [4.78, 5) is 13.3. The number of nitrogens with one attached hydrogen (secondary N) is 1. The average Bonchev–Trinajstić information content (AvgIpc) is 2.96. The zero-order valence-electron chi connectivity index (χ0n) is 10.7. The molecule has 0 saturated heterocycles. The fourth-order valence-electron chi connectivity index (χ4n) is 2.18. The van der Waals surface area contributed by atoms with Crippen molar-refractivity contribution in [3.8, 4) is 21.6 Å². The third-order valence-corrected chi connectivity index (χ3v) is 4.29. The molecule has 2 heterocycles. The first-order valence-electron chi connectivity index (χ1n) is 6.06. The molecule has 2 aromatic heterocycles. The van der Waals surface area contributed by atoms with E-state index in [0.29, 0.717) is 10.6 Å². The van der Waals surface area contributed by atoms with E-state index in [2.05, 4.69) is 10.2 Å². The van der Waals surface area contributed by atoms with Crippen LogP contribution in [0.4, 0.5) is 0 Å². The number of rotatable bonds is 2. The van der Waals surface area contributed by atoms with Crippen LogP contribution in [0.2, 0.25) is 5.02 Å². The smallest absolute Gasteiger partial charge is 0.267 e. The van der Waals surface area contributed by atoms with Gasteiger partial charge in [0.15, 0.2) is 0 Å². The molecular formula is C15H11ClN2OS. The molecule has 5 heteroatoms. The highest BCUT2D eigenvalue weighted by Gasteiger charge is 2.17. The monoisotopic (exact) mass is 302 g/mol. The molecule has 0 spiro atoms. The fourth-order valence-corrected chi connectivity index (χ4v) is 3.24. The summed E-state index contributed by atoms with van der Waals surface area (Å²) >= 11 is 7.82. The highest BCUT2D eigenvalue weighted by molar-refractivity contribution is 7.13. The molecule has 3 nitrogen and oxygen atoms in total. The minimum absolute atomic E-state index is 0.230. The summed E-state index contributed by atoms with van der Waals surface area (Å²) in [6.07, 6.45) is 0. The highest BCUT2D eigenvalue weighted by atomic mass is 35.5. The molecule has 0 atom stereocenters. The molecule has 0 bridgehead atoms. The number of hydrogen-bond acceptors (Lipinski definition) is 3. The van der Waals surface area contributed by atoms with E-state index in [9.17, 15) is 4.79 Å². The van der Waals surface area contributed by atoms with Crippen LogP contribution >= 0.6 is 22.9 Å². The molecular weight excluding hydrogens is 292 g/mol. The van der Waals surface area contributed by atoms with Crippen LogP contribution in [-0.4, -0.2) is 10.2 Å². The van der Waals surface area contributed by atoms with Crippen molar-refractivity contribution < 1.29 is 0 Å². The maximum Gasteiger partial charge on any atom is 0.272 e. The minimum atomic E-state index is -0.230. The normalized spacial score (nSPS) is 10.7. The number of aromatic nitrogens is 2. The van der Waals surface area contributed by atoms with Gasteiger partial charge >= 0.3 is 0 Å². The van der Waals surface area contributed by atoms with E-state index in [-0.39, 0.29) is 5.56 Å². The fraction of sp³-hybridized carbons (Fsp3) is 0.0667. The van der Waals surface area contributed by atoms with Crippen LogP contribution in [-0.2, 0) is 0 Å². The Bertz CT molecular complexity index is 809. The number of nitrogens with zero attached hydrogens (tertiary/aromatic N) is 1. The predicted molar refractivity (Wildman–Crippen MR) is 83.4 cm³/mol. The van der Waals surface area contributed by atoms with E-state index < -0.39 is 0 Å². The lowest BCUT2D eigenvalue weighted by Crippen LogP contribution is -2.14. The van der Waals surface area contributed by atoms with Gasteiger partial charge in [0.05, 0.1) is 11.3 Å². The maximum absolute atomic E-state index is 12.3. The molecule has 20 heavy (non-hydrogen) atoms. The molecule has 100 valence electrons. The van der Waals surface area contributed by atoms with Crippen molar-refractivity contribution in [2.45, 2.75) is 6.92 Å². The summed E-state index contributed by atoms with van der Waals surface area (Å²) < 4.78 is 0. The zero-order chi connectivity index (χ0) is 14.1. The van der Waals surface area contributed by atoms with Crippen molar-refractivity contribution in [2.24, 2.45) is 0 Å². The Morgan fingerprint density at radius 3 is 2.65 bits per heavy atom. The van der Waals surface area contributed by atoms with Crippen LogP contribution in [0.3, 0.4) is 0 Å². The molecule has 0 aliphatic heterocycles. The summed E-state index contributed by atoms with van der Waals surface area (Å²) in [5.74, 6) is 0. The van der Waals surface area contributed by atoms with Crippen LogP contribution in [0.15, 0.2) is 46.6 Å². The largest absolute Gasteiger partial charge is 0.272 e. The topological polar surface area (TPSA) is 45.8 Å². The first-order chi connectivity index (χ1) is 9.68. The SMILES string of the molecule is Cc1n[nH]c(=O)c(-c2ccccc2Cl)c1-c1cccs1. The van der Waals surface area contributed by atoms with Gasteiger partial charge in [0.1, 0.15) is 0 Å². The Kier molecular flexibility index (Phi) is 3.42. The van der Waals surface area contributed by atoms with Gasteiger partial charge in [0.2, 0.25) is 0 Å². The Balaban J connectivity index is 2.39. The molecule has 3 aromatic rings. The molecule has 1 aromatic carbocycles. The molecule has 3 rings (SSSR count). The van der Waals surface area contributed by atoms with Crippen LogP contribution in [0.1, 0.15) is 5.69 Å². The maximum atomic E-state index is 12.3. The van der Waals surface area contributed by atoms with E-state index in [1.54, 1.807) is 17.4 Å². The number of H-pyrrole nitrogens is 1. The van der Waals surface area contributed by atoms with Gasteiger partial charge in [-0.1, -0.05) is 35.9 Å². The van der Waals surface area contributed by atoms with Crippen LogP contribution < -0.4 is 5.56 Å². The number of hydrogen-bond donors (Lipinski definition) is 1. The lowest BCUT2D eigenvalue weighted by atomic mass is 9.99. The Morgan fingerprint density at radius 2 is 1.95 bits per heavy atom. The molecule has 0 fully saturated rings. The molecule has 1 N–H and O–H groups in total.